The van der Waals surface area contributed by atoms with E-state index in [9.17, 15) is 9.59 Å². The van der Waals surface area contributed by atoms with Gasteiger partial charge >= 0.3 is 12.0 Å². The minimum Gasteiger partial charge on any atom is -0.480 e. The molecule has 0 atom stereocenters. The first-order chi connectivity index (χ1) is 9.40. The van der Waals surface area contributed by atoms with Crippen molar-refractivity contribution in [2.75, 3.05) is 19.7 Å². The van der Waals surface area contributed by atoms with Crippen LogP contribution in [0.3, 0.4) is 0 Å². The van der Waals surface area contributed by atoms with Gasteiger partial charge < -0.3 is 20.1 Å². The number of ether oxygens (including phenoxy) is 1. The summed E-state index contributed by atoms with van der Waals surface area (Å²) in [7, 11) is 0. The van der Waals surface area contributed by atoms with Crippen LogP contribution in [-0.2, 0) is 9.53 Å². The largest absolute Gasteiger partial charge is 0.480 e. The van der Waals surface area contributed by atoms with Gasteiger partial charge in [-0.1, -0.05) is 13.8 Å². The number of likely N-dealkylation sites (tertiary alicyclic amines) is 1. The van der Waals surface area contributed by atoms with Crippen LogP contribution in [0.25, 0.3) is 0 Å². The second kappa shape index (κ2) is 7.47. The maximum atomic E-state index is 12.2. The molecule has 0 unspecified atom stereocenters. The van der Waals surface area contributed by atoms with E-state index in [1.807, 2.05) is 6.92 Å². The number of carbonyl (C=O) groups is 2. The number of amides is 2. The molecule has 2 amide bonds. The van der Waals surface area contributed by atoms with Gasteiger partial charge in [-0.25, -0.2) is 9.59 Å². The molecule has 1 aliphatic heterocycles. The highest BCUT2D eigenvalue weighted by atomic mass is 16.5. The molecule has 0 radical (unpaired) electrons. The Labute approximate surface area is 120 Å². The molecule has 1 fully saturated rings. The summed E-state index contributed by atoms with van der Waals surface area (Å²) in [5, 5.41) is 11.6. The van der Waals surface area contributed by atoms with Gasteiger partial charge in [-0.3, -0.25) is 0 Å². The first-order valence-electron chi connectivity index (χ1n) is 7.30. The molecule has 6 nitrogen and oxygen atoms in total. The predicted molar refractivity (Wildman–Crippen MR) is 75.7 cm³/mol. The third-order valence-corrected chi connectivity index (χ3v) is 4.14. The Kier molecular flexibility index (Phi) is 6.26. The van der Waals surface area contributed by atoms with Gasteiger partial charge in [0.05, 0.1) is 6.10 Å². The molecule has 0 bridgehead atoms. The summed E-state index contributed by atoms with van der Waals surface area (Å²) >= 11 is 0. The number of piperidine rings is 1. The van der Waals surface area contributed by atoms with Gasteiger partial charge in [0.15, 0.2) is 0 Å². The monoisotopic (exact) mass is 286 g/mol. The number of urea groups is 1. The van der Waals surface area contributed by atoms with E-state index in [2.05, 4.69) is 19.2 Å². The van der Waals surface area contributed by atoms with E-state index in [4.69, 9.17) is 9.84 Å². The second-order valence-electron chi connectivity index (χ2n) is 5.59. The van der Waals surface area contributed by atoms with Gasteiger partial charge in [0.1, 0.15) is 6.61 Å². The minimum absolute atomic E-state index is 0.0344. The Hall–Kier alpha value is -1.30. The van der Waals surface area contributed by atoms with E-state index in [1.54, 1.807) is 4.90 Å². The lowest BCUT2D eigenvalue weighted by atomic mass is 9.96. The first-order valence-corrected chi connectivity index (χ1v) is 7.30. The van der Waals surface area contributed by atoms with E-state index in [0.29, 0.717) is 25.9 Å². The zero-order chi connectivity index (χ0) is 15.2. The molecule has 0 aromatic heterocycles. The molecule has 116 valence electrons. The minimum atomic E-state index is -0.952. The number of hydrogen-bond donors (Lipinski definition) is 2. The summed E-state index contributed by atoms with van der Waals surface area (Å²) in [4.78, 5) is 24.4. The maximum Gasteiger partial charge on any atom is 0.329 e. The molecule has 1 aliphatic rings. The fourth-order valence-electron chi connectivity index (χ4n) is 2.18. The molecular formula is C14H26N2O4. The zero-order valence-electron chi connectivity index (χ0n) is 12.6. The molecule has 1 saturated heterocycles. The fraction of sp³-hybridized carbons (Fsp3) is 0.857. The van der Waals surface area contributed by atoms with Crippen molar-refractivity contribution in [3.8, 4) is 0 Å². The van der Waals surface area contributed by atoms with Gasteiger partial charge in [0.25, 0.3) is 0 Å². The van der Waals surface area contributed by atoms with Crippen LogP contribution in [0.2, 0.25) is 0 Å². The Bertz CT molecular complexity index is 334. The van der Waals surface area contributed by atoms with E-state index in [1.165, 1.54) is 0 Å². The predicted octanol–water partition coefficient (Wildman–Crippen LogP) is 1.84. The van der Waals surface area contributed by atoms with Crippen LogP contribution in [0.4, 0.5) is 4.79 Å². The van der Waals surface area contributed by atoms with Crippen molar-refractivity contribution < 1.29 is 19.4 Å². The van der Waals surface area contributed by atoms with Gasteiger partial charge in [-0.2, -0.15) is 0 Å². The number of nitrogens with zero attached hydrogens (tertiary/aromatic N) is 1. The third kappa shape index (κ3) is 5.00. The van der Waals surface area contributed by atoms with E-state index in [-0.39, 0.29) is 24.3 Å². The van der Waals surface area contributed by atoms with Gasteiger partial charge in [-0.15, -0.1) is 0 Å². The average molecular weight is 286 g/mol. The molecule has 6 heteroatoms. The Morgan fingerprint density at radius 2 is 1.85 bits per heavy atom. The smallest absolute Gasteiger partial charge is 0.329 e. The quantitative estimate of drug-likeness (QED) is 0.781. The number of nitrogens with one attached hydrogen (secondary N) is 1. The number of aliphatic carboxylic acids is 1. The molecule has 0 aliphatic carbocycles. The van der Waals surface area contributed by atoms with Crippen molar-refractivity contribution in [1.82, 2.24) is 10.2 Å². The number of carbonyl (C=O) groups excluding carboxylic acids is 1. The van der Waals surface area contributed by atoms with Gasteiger partial charge in [0.2, 0.25) is 0 Å². The van der Waals surface area contributed by atoms with Crippen LogP contribution in [0.5, 0.6) is 0 Å². The summed E-state index contributed by atoms with van der Waals surface area (Å²) in [6.45, 7) is 7.14. The van der Waals surface area contributed by atoms with Crippen LogP contribution in [0.15, 0.2) is 0 Å². The molecule has 0 saturated carbocycles. The Morgan fingerprint density at radius 3 is 2.30 bits per heavy atom. The van der Waals surface area contributed by atoms with E-state index in [0.717, 1.165) is 12.8 Å². The molecule has 20 heavy (non-hydrogen) atoms. The van der Waals surface area contributed by atoms with Crippen molar-refractivity contribution in [3.63, 3.8) is 0 Å². The highest BCUT2D eigenvalue weighted by Gasteiger charge is 2.28. The highest BCUT2D eigenvalue weighted by Crippen LogP contribution is 2.17. The molecule has 2 N–H and O–H groups in total. The Morgan fingerprint density at radius 1 is 1.30 bits per heavy atom. The van der Waals surface area contributed by atoms with Crippen LogP contribution < -0.4 is 5.32 Å². The van der Waals surface area contributed by atoms with Gasteiger partial charge in [0, 0.05) is 18.6 Å². The summed E-state index contributed by atoms with van der Waals surface area (Å²) < 4.78 is 5.26. The van der Waals surface area contributed by atoms with Crippen molar-refractivity contribution in [2.24, 2.45) is 0 Å². The summed E-state index contributed by atoms with van der Waals surface area (Å²) in [6.07, 6.45) is 3.12. The number of carboxylic acid groups (broad SMARTS) is 1. The maximum absolute atomic E-state index is 12.2. The SMILES string of the molecule is CCC(C)(CC)NC(=O)N1CCC(OCC(=O)O)CC1. The number of rotatable bonds is 6. The standard InChI is InChI=1S/C14H26N2O4/c1-4-14(3,5-2)15-13(19)16-8-6-11(7-9-16)20-10-12(17)18/h11H,4-10H2,1-3H3,(H,15,19)(H,17,18). The van der Waals surface area contributed by atoms with Crippen molar-refractivity contribution in [1.29, 1.82) is 0 Å². The summed E-state index contributed by atoms with van der Waals surface area (Å²) in [5.41, 5.74) is -0.159. The summed E-state index contributed by atoms with van der Waals surface area (Å²) in [6, 6.07) is -0.0344. The van der Waals surface area contributed by atoms with Crippen molar-refractivity contribution >= 4 is 12.0 Å². The third-order valence-electron chi connectivity index (χ3n) is 4.14. The topological polar surface area (TPSA) is 78.9 Å². The number of carboxylic acids is 1. The second-order valence-corrected chi connectivity index (χ2v) is 5.59. The van der Waals surface area contributed by atoms with E-state index >= 15 is 0 Å². The average Bonchev–Trinajstić information content (AvgIpc) is 2.45. The van der Waals surface area contributed by atoms with Crippen LogP contribution >= 0.6 is 0 Å². The lowest BCUT2D eigenvalue weighted by molar-refractivity contribution is -0.145. The molecule has 0 aromatic carbocycles. The normalized spacial score (nSPS) is 17.1. The van der Waals surface area contributed by atoms with Crippen molar-refractivity contribution in [2.45, 2.75) is 58.1 Å². The molecule has 0 aromatic rings. The lowest BCUT2D eigenvalue weighted by Crippen LogP contribution is -2.53. The fourth-order valence-corrected chi connectivity index (χ4v) is 2.18. The molecule has 1 rings (SSSR count). The summed E-state index contributed by atoms with van der Waals surface area (Å²) in [5.74, 6) is -0.952. The Balaban J connectivity index is 2.37. The van der Waals surface area contributed by atoms with Crippen LogP contribution in [0.1, 0.15) is 46.5 Å². The zero-order valence-corrected chi connectivity index (χ0v) is 12.6. The van der Waals surface area contributed by atoms with E-state index < -0.39 is 5.97 Å². The molecule has 0 spiro atoms. The first kappa shape index (κ1) is 16.8. The van der Waals surface area contributed by atoms with Crippen LogP contribution in [-0.4, -0.2) is 53.3 Å². The van der Waals surface area contributed by atoms with Gasteiger partial charge in [-0.05, 0) is 32.6 Å². The highest BCUT2D eigenvalue weighted by molar-refractivity contribution is 5.75. The van der Waals surface area contributed by atoms with Crippen molar-refractivity contribution in [3.05, 3.63) is 0 Å². The number of hydrogen-bond acceptors (Lipinski definition) is 3. The molecular weight excluding hydrogens is 260 g/mol. The molecule has 1 heterocycles. The lowest BCUT2D eigenvalue weighted by Gasteiger charge is -2.36. The van der Waals surface area contributed by atoms with Crippen LogP contribution in [0, 0.1) is 0 Å².